The van der Waals surface area contributed by atoms with Crippen LogP contribution in [0.5, 0.6) is 5.75 Å². The number of halogens is 1. The Bertz CT molecular complexity index is 840. The first-order valence-electron chi connectivity index (χ1n) is 7.95. The van der Waals surface area contributed by atoms with E-state index in [0.717, 1.165) is 20.5 Å². The van der Waals surface area contributed by atoms with Gasteiger partial charge in [0.05, 0.1) is 18.6 Å². The van der Waals surface area contributed by atoms with Crippen molar-refractivity contribution < 1.29 is 14.3 Å². The highest BCUT2D eigenvalue weighted by Gasteiger charge is 2.11. The minimum Gasteiger partial charge on any atom is -0.495 e. The van der Waals surface area contributed by atoms with E-state index >= 15 is 0 Å². The van der Waals surface area contributed by atoms with Crippen LogP contribution in [0.15, 0.2) is 39.7 Å². The molecule has 0 unspecified atom stereocenters. The molecular weight excluding hydrogens is 416 g/mol. The molecule has 0 spiro atoms. The summed E-state index contributed by atoms with van der Waals surface area (Å²) in [5.41, 5.74) is 3.36. The molecule has 2 amide bonds. The molecule has 0 aliphatic carbocycles. The highest BCUT2D eigenvalue weighted by molar-refractivity contribution is 9.10. The molecule has 0 aliphatic rings. The SMILES string of the molecule is COc1ccc(NC(C)=O)cc1NC(=O)CSc1cc(C)c(Br)cc1C. The van der Waals surface area contributed by atoms with Crippen LogP contribution in [0, 0.1) is 13.8 Å². The molecule has 0 saturated carbocycles. The van der Waals surface area contributed by atoms with Crippen molar-refractivity contribution >= 4 is 50.9 Å². The maximum atomic E-state index is 12.4. The van der Waals surface area contributed by atoms with Gasteiger partial charge in [0.15, 0.2) is 0 Å². The summed E-state index contributed by atoms with van der Waals surface area (Å²) in [6.07, 6.45) is 0. The number of anilines is 2. The summed E-state index contributed by atoms with van der Waals surface area (Å²) in [6, 6.07) is 9.22. The number of hydrogen-bond donors (Lipinski definition) is 2. The fourth-order valence-corrected chi connectivity index (χ4v) is 3.69. The van der Waals surface area contributed by atoms with Crippen molar-refractivity contribution in [3.05, 3.63) is 45.9 Å². The third kappa shape index (κ3) is 5.51. The Morgan fingerprint density at radius 1 is 1.12 bits per heavy atom. The maximum Gasteiger partial charge on any atom is 0.234 e. The Balaban J connectivity index is 2.07. The Hall–Kier alpha value is -1.99. The molecule has 0 atom stereocenters. The molecule has 138 valence electrons. The Morgan fingerprint density at radius 2 is 1.85 bits per heavy atom. The number of methoxy groups -OCH3 is 1. The van der Waals surface area contributed by atoms with Gasteiger partial charge in [-0.25, -0.2) is 0 Å². The van der Waals surface area contributed by atoms with Crippen LogP contribution in [0.1, 0.15) is 18.1 Å². The van der Waals surface area contributed by atoms with Crippen molar-refractivity contribution in [3.8, 4) is 5.75 Å². The number of amides is 2. The third-order valence-corrected chi connectivity index (χ3v) is 5.62. The summed E-state index contributed by atoms with van der Waals surface area (Å²) in [5.74, 6) is 0.487. The normalized spacial score (nSPS) is 10.3. The van der Waals surface area contributed by atoms with E-state index in [1.165, 1.54) is 25.8 Å². The van der Waals surface area contributed by atoms with Crippen LogP contribution in [0.25, 0.3) is 0 Å². The molecule has 7 heteroatoms. The van der Waals surface area contributed by atoms with Crippen LogP contribution < -0.4 is 15.4 Å². The van der Waals surface area contributed by atoms with Gasteiger partial charge in [-0.3, -0.25) is 9.59 Å². The van der Waals surface area contributed by atoms with Crippen molar-refractivity contribution in [2.45, 2.75) is 25.7 Å². The van der Waals surface area contributed by atoms with Gasteiger partial charge in [0.25, 0.3) is 0 Å². The predicted octanol–water partition coefficient (Wildman–Crippen LogP) is 4.76. The summed E-state index contributed by atoms with van der Waals surface area (Å²) in [6.45, 7) is 5.47. The van der Waals surface area contributed by atoms with Crippen LogP contribution in [0.2, 0.25) is 0 Å². The molecule has 0 aliphatic heterocycles. The number of carbonyl (C=O) groups is 2. The van der Waals surface area contributed by atoms with E-state index in [0.29, 0.717) is 17.1 Å². The monoisotopic (exact) mass is 436 g/mol. The Kier molecular flexibility index (Phi) is 7.11. The van der Waals surface area contributed by atoms with Crippen molar-refractivity contribution in [2.24, 2.45) is 0 Å². The zero-order valence-electron chi connectivity index (χ0n) is 15.1. The minimum absolute atomic E-state index is 0.145. The largest absolute Gasteiger partial charge is 0.495 e. The predicted molar refractivity (Wildman–Crippen MR) is 110 cm³/mol. The van der Waals surface area contributed by atoms with Crippen LogP contribution >= 0.6 is 27.7 Å². The van der Waals surface area contributed by atoms with E-state index in [2.05, 4.69) is 38.7 Å². The van der Waals surface area contributed by atoms with Gasteiger partial charge in [-0.15, -0.1) is 11.8 Å². The molecule has 0 aromatic heterocycles. The van der Waals surface area contributed by atoms with E-state index in [-0.39, 0.29) is 17.6 Å². The van der Waals surface area contributed by atoms with Crippen LogP contribution in [-0.4, -0.2) is 24.7 Å². The average molecular weight is 437 g/mol. The van der Waals surface area contributed by atoms with E-state index in [9.17, 15) is 9.59 Å². The zero-order chi connectivity index (χ0) is 19.3. The fraction of sp³-hybridized carbons (Fsp3) is 0.263. The highest BCUT2D eigenvalue weighted by atomic mass is 79.9. The molecule has 0 radical (unpaired) electrons. The first kappa shape index (κ1) is 20.3. The molecule has 2 N–H and O–H groups in total. The molecule has 2 aromatic carbocycles. The van der Waals surface area contributed by atoms with Crippen LogP contribution in [0.3, 0.4) is 0 Å². The van der Waals surface area contributed by atoms with Crippen molar-refractivity contribution in [3.63, 3.8) is 0 Å². The summed E-state index contributed by atoms with van der Waals surface area (Å²) < 4.78 is 6.34. The van der Waals surface area contributed by atoms with Crippen molar-refractivity contribution in [2.75, 3.05) is 23.5 Å². The lowest BCUT2D eigenvalue weighted by Crippen LogP contribution is -2.15. The second-order valence-corrected chi connectivity index (χ2v) is 7.67. The topological polar surface area (TPSA) is 67.4 Å². The van der Waals surface area contributed by atoms with E-state index in [1.54, 1.807) is 18.2 Å². The molecule has 0 saturated heterocycles. The first-order chi connectivity index (χ1) is 12.3. The fourth-order valence-electron chi connectivity index (χ4n) is 2.33. The average Bonchev–Trinajstić information content (AvgIpc) is 2.56. The van der Waals surface area contributed by atoms with Crippen LogP contribution in [-0.2, 0) is 9.59 Å². The van der Waals surface area contributed by atoms with Gasteiger partial charge in [-0.05, 0) is 55.3 Å². The number of ether oxygens (including phenoxy) is 1. The molecule has 0 bridgehead atoms. The molecule has 2 aromatic rings. The lowest BCUT2D eigenvalue weighted by atomic mass is 10.2. The van der Waals surface area contributed by atoms with E-state index in [1.807, 2.05) is 13.8 Å². The van der Waals surface area contributed by atoms with Gasteiger partial charge >= 0.3 is 0 Å². The molecular formula is C19H21BrN2O3S. The molecule has 26 heavy (non-hydrogen) atoms. The highest BCUT2D eigenvalue weighted by Crippen LogP contribution is 2.30. The number of rotatable bonds is 6. The third-order valence-electron chi connectivity index (χ3n) is 3.61. The summed E-state index contributed by atoms with van der Waals surface area (Å²) >= 11 is 4.99. The number of hydrogen-bond acceptors (Lipinski definition) is 4. The zero-order valence-corrected chi connectivity index (χ0v) is 17.5. The summed E-state index contributed by atoms with van der Waals surface area (Å²) in [4.78, 5) is 24.6. The Morgan fingerprint density at radius 3 is 2.50 bits per heavy atom. The van der Waals surface area contributed by atoms with E-state index < -0.39 is 0 Å². The van der Waals surface area contributed by atoms with Crippen molar-refractivity contribution in [1.82, 2.24) is 0 Å². The number of benzene rings is 2. The second-order valence-electron chi connectivity index (χ2n) is 5.80. The molecule has 0 heterocycles. The van der Waals surface area contributed by atoms with Gasteiger partial charge in [-0.2, -0.15) is 0 Å². The lowest BCUT2D eigenvalue weighted by molar-refractivity contribution is -0.114. The summed E-state index contributed by atoms with van der Waals surface area (Å²) in [7, 11) is 1.53. The first-order valence-corrected chi connectivity index (χ1v) is 9.73. The maximum absolute atomic E-state index is 12.4. The van der Waals surface area contributed by atoms with Gasteiger partial charge in [0.2, 0.25) is 11.8 Å². The number of thioether (sulfide) groups is 1. The van der Waals surface area contributed by atoms with Crippen LogP contribution in [0.4, 0.5) is 11.4 Å². The number of aryl methyl sites for hydroxylation is 2. The standard InChI is InChI=1S/C19H21BrN2O3S/c1-11-8-18(12(2)7-15(11)20)26-10-19(24)22-16-9-14(21-13(3)23)5-6-17(16)25-4/h5-9H,10H2,1-4H3,(H,21,23)(H,22,24). The Labute approximate surface area is 166 Å². The van der Waals surface area contributed by atoms with Gasteiger partial charge < -0.3 is 15.4 Å². The number of carbonyl (C=O) groups excluding carboxylic acids is 2. The lowest BCUT2D eigenvalue weighted by Gasteiger charge is -2.13. The molecule has 2 rings (SSSR count). The van der Waals surface area contributed by atoms with Gasteiger partial charge in [0, 0.05) is 22.0 Å². The van der Waals surface area contributed by atoms with E-state index in [4.69, 9.17) is 4.74 Å². The smallest absolute Gasteiger partial charge is 0.234 e. The number of nitrogens with one attached hydrogen (secondary N) is 2. The second kappa shape index (κ2) is 9.09. The van der Waals surface area contributed by atoms with Crippen molar-refractivity contribution in [1.29, 1.82) is 0 Å². The quantitative estimate of drug-likeness (QED) is 0.640. The summed E-state index contributed by atoms with van der Waals surface area (Å²) in [5, 5.41) is 5.54. The molecule has 0 fully saturated rings. The van der Waals surface area contributed by atoms with Gasteiger partial charge in [0.1, 0.15) is 5.75 Å². The molecule has 5 nitrogen and oxygen atoms in total. The van der Waals surface area contributed by atoms with Gasteiger partial charge in [-0.1, -0.05) is 15.9 Å². The minimum atomic E-state index is -0.177.